The maximum Gasteiger partial charge on any atom is 0.324 e. The molecule has 2 fully saturated rings. The molecule has 0 aromatic carbocycles. The van der Waals surface area contributed by atoms with E-state index in [0.29, 0.717) is 6.54 Å². The van der Waals surface area contributed by atoms with Crippen LogP contribution in [0.1, 0.15) is 32.1 Å². The van der Waals surface area contributed by atoms with Crippen molar-refractivity contribution in [2.45, 2.75) is 43.7 Å². The van der Waals surface area contributed by atoms with Gasteiger partial charge in [-0.05, 0) is 25.7 Å². The number of carbonyl (C=O) groups excluding carboxylic acids is 1. The first-order chi connectivity index (χ1) is 7.11. The van der Waals surface area contributed by atoms with Crippen molar-refractivity contribution in [1.82, 2.24) is 5.32 Å². The molecule has 0 amide bonds. The van der Waals surface area contributed by atoms with Crippen molar-refractivity contribution in [1.29, 1.82) is 0 Å². The number of carboxylic acid groups (broad SMARTS) is 1. The molecule has 1 saturated heterocycles. The van der Waals surface area contributed by atoms with E-state index in [1.54, 1.807) is 0 Å². The van der Waals surface area contributed by atoms with Crippen LogP contribution in [-0.2, 0) is 14.3 Å². The van der Waals surface area contributed by atoms with E-state index in [4.69, 9.17) is 9.84 Å². The van der Waals surface area contributed by atoms with Gasteiger partial charge in [0, 0.05) is 6.54 Å². The van der Waals surface area contributed by atoms with Crippen molar-refractivity contribution in [2.24, 2.45) is 0 Å². The fraction of sp³-hybridized carbons (Fsp3) is 0.800. The highest BCUT2D eigenvalue weighted by molar-refractivity contribution is 5.82. The SMILES string of the molecule is O=C(O)CC1NCC2(CCCC2)OC1=O. The maximum absolute atomic E-state index is 11.5. The molecule has 0 bridgehead atoms. The van der Waals surface area contributed by atoms with Crippen LogP contribution in [-0.4, -0.2) is 35.2 Å². The van der Waals surface area contributed by atoms with Crippen molar-refractivity contribution in [3.63, 3.8) is 0 Å². The van der Waals surface area contributed by atoms with Gasteiger partial charge < -0.3 is 9.84 Å². The largest absolute Gasteiger partial charge is 0.481 e. The van der Waals surface area contributed by atoms with Gasteiger partial charge in [0.05, 0.1) is 6.42 Å². The van der Waals surface area contributed by atoms with Crippen molar-refractivity contribution in [3.05, 3.63) is 0 Å². The van der Waals surface area contributed by atoms with Gasteiger partial charge in [0.25, 0.3) is 0 Å². The number of esters is 1. The summed E-state index contributed by atoms with van der Waals surface area (Å²) < 4.78 is 5.38. The van der Waals surface area contributed by atoms with Gasteiger partial charge in [-0.3, -0.25) is 14.9 Å². The Labute approximate surface area is 87.8 Å². The molecule has 1 spiro atoms. The zero-order valence-electron chi connectivity index (χ0n) is 8.49. The first kappa shape index (κ1) is 10.4. The van der Waals surface area contributed by atoms with Gasteiger partial charge in [-0.1, -0.05) is 0 Å². The number of morpholine rings is 1. The molecule has 84 valence electrons. The molecule has 1 atom stereocenters. The van der Waals surface area contributed by atoms with Gasteiger partial charge in [-0.15, -0.1) is 0 Å². The van der Waals surface area contributed by atoms with Crippen LogP contribution in [0.4, 0.5) is 0 Å². The third kappa shape index (κ3) is 2.12. The summed E-state index contributed by atoms with van der Waals surface area (Å²) in [6.07, 6.45) is 3.75. The number of carboxylic acids is 1. The molecule has 1 heterocycles. The van der Waals surface area contributed by atoms with Crippen LogP contribution in [0, 0.1) is 0 Å². The van der Waals surface area contributed by atoms with Gasteiger partial charge in [0.1, 0.15) is 11.6 Å². The average Bonchev–Trinajstić information content (AvgIpc) is 2.59. The Morgan fingerprint density at radius 1 is 1.53 bits per heavy atom. The van der Waals surface area contributed by atoms with E-state index in [2.05, 4.69) is 5.32 Å². The minimum Gasteiger partial charge on any atom is -0.481 e. The zero-order chi connectivity index (χ0) is 10.9. The van der Waals surface area contributed by atoms with E-state index in [9.17, 15) is 9.59 Å². The van der Waals surface area contributed by atoms with Crippen LogP contribution in [0.15, 0.2) is 0 Å². The minimum absolute atomic E-state index is 0.199. The summed E-state index contributed by atoms with van der Waals surface area (Å²) in [5.74, 6) is -1.39. The van der Waals surface area contributed by atoms with Crippen molar-refractivity contribution in [2.75, 3.05) is 6.54 Å². The van der Waals surface area contributed by atoms with E-state index in [1.807, 2.05) is 0 Å². The normalized spacial score (nSPS) is 29.1. The topological polar surface area (TPSA) is 75.6 Å². The van der Waals surface area contributed by atoms with Gasteiger partial charge in [-0.25, -0.2) is 0 Å². The zero-order valence-corrected chi connectivity index (χ0v) is 8.49. The lowest BCUT2D eigenvalue weighted by Crippen LogP contribution is -2.56. The van der Waals surface area contributed by atoms with Gasteiger partial charge >= 0.3 is 11.9 Å². The minimum atomic E-state index is -0.980. The molecule has 0 aromatic rings. The number of aliphatic carboxylic acids is 1. The quantitative estimate of drug-likeness (QED) is 0.645. The van der Waals surface area contributed by atoms with Gasteiger partial charge in [0.2, 0.25) is 0 Å². The second-order valence-electron chi connectivity index (χ2n) is 4.34. The molecule has 15 heavy (non-hydrogen) atoms. The first-order valence-electron chi connectivity index (χ1n) is 5.29. The summed E-state index contributed by atoms with van der Waals surface area (Å²) in [6.45, 7) is 0.594. The molecule has 2 aliphatic rings. The Morgan fingerprint density at radius 3 is 2.73 bits per heavy atom. The maximum atomic E-state index is 11.5. The monoisotopic (exact) mass is 213 g/mol. The van der Waals surface area contributed by atoms with Gasteiger partial charge in [0.15, 0.2) is 0 Å². The summed E-state index contributed by atoms with van der Waals surface area (Å²) in [7, 11) is 0. The van der Waals surface area contributed by atoms with E-state index < -0.39 is 18.0 Å². The van der Waals surface area contributed by atoms with Crippen molar-refractivity contribution < 1.29 is 19.4 Å². The molecule has 2 N–H and O–H groups in total. The second kappa shape index (κ2) is 3.81. The Kier molecular flexibility index (Phi) is 2.65. The number of hydrogen-bond acceptors (Lipinski definition) is 4. The molecule has 5 heteroatoms. The number of ether oxygens (including phenoxy) is 1. The van der Waals surface area contributed by atoms with Crippen molar-refractivity contribution in [3.8, 4) is 0 Å². The summed E-state index contributed by atoms with van der Waals surface area (Å²) in [6, 6.07) is -0.672. The Bertz CT molecular complexity index is 283. The lowest BCUT2D eigenvalue weighted by atomic mass is 9.98. The summed E-state index contributed by atoms with van der Waals surface area (Å²) in [4.78, 5) is 22.0. The van der Waals surface area contributed by atoms with Crippen LogP contribution < -0.4 is 5.32 Å². The number of rotatable bonds is 2. The Hall–Kier alpha value is -1.10. The molecular weight excluding hydrogens is 198 g/mol. The molecule has 1 unspecified atom stereocenters. The van der Waals surface area contributed by atoms with E-state index in [1.165, 1.54) is 0 Å². The summed E-state index contributed by atoms with van der Waals surface area (Å²) in [5.41, 5.74) is -0.341. The van der Waals surface area contributed by atoms with Gasteiger partial charge in [-0.2, -0.15) is 0 Å². The fourth-order valence-corrected chi connectivity index (χ4v) is 2.34. The molecule has 1 aliphatic carbocycles. The third-order valence-electron chi connectivity index (χ3n) is 3.17. The highest BCUT2D eigenvalue weighted by Crippen LogP contribution is 2.35. The molecule has 0 aromatic heterocycles. The lowest BCUT2D eigenvalue weighted by Gasteiger charge is -2.36. The fourth-order valence-electron chi connectivity index (χ4n) is 2.34. The Balaban J connectivity index is 1.96. The molecule has 2 rings (SSSR count). The molecule has 1 saturated carbocycles. The second-order valence-corrected chi connectivity index (χ2v) is 4.34. The number of hydrogen-bond donors (Lipinski definition) is 2. The molecule has 5 nitrogen and oxygen atoms in total. The highest BCUT2D eigenvalue weighted by atomic mass is 16.6. The van der Waals surface area contributed by atoms with Crippen LogP contribution in [0.3, 0.4) is 0 Å². The Morgan fingerprint density at radius 2 is 2.20 bits per heavy atom. The summed E-state index contributed by atoms with van der Waals surface area (Å²) in [5, 5.41) is 11.6. The predicted octanol–water partition coefficient (Wildman–Crippen LogP) is 0.289. The van der Waals surface area contributed by atoms with E-state index in [0.717, 1.165) is 25.7 Å². The predicted molar refractivity (Wildman–Crippen MR) is 51.3 cm³/mol. The van der Waals surface area contributed by atoms with E-state index in [-0.39, 0.29) is 12.0 Å². The lowest BCUT2D eigenvalue weighted by molar-refractivity contribution is -0.170. The smallest absolute Gasteiger partial charge is 0.324 e. The summed E-state index contributed by atoms with van der Waals surface area (Å²) >= 11 is 0. The third-order valence-corrected chi connectivity index (χ3v) is 3.17. The van der Waals surface area contributed by atoms with E-state index >= 15 is 0 Å². The van der Waals surface area contributed by atoms with Crippen LogP contribution >= 0.6 is 0 Å². The van der Waals surface area contributed by atoms with Crippen LogP contribution in [0.5, 0.6) is 0 Å². The molecule has 0 radical (unpaired) electrons. The average molecular weight is 213 g/mol. The first-order valence-corrected chi connectivity index (χ1v) is 5.29. The standard InChI is InChI=1S/C10H15NO4/c12-8(13)5-7-9(14)15-10(6-11-7)3-1-2-4-10/h7,11H,1-6H2,(H,12,13). The van der Waals surface area contributed by atoms with Crippen LogP contribution in [0.2, 0.25) is 0 Å². The molecular formula is C10H15NO4. The number of carbonyl (C=O) groups is 2. The highest BCUT2D eigenvalue weighted by Gasteiger charge is 2.43. The number of nitrogens with one attached hydrogen (secondary N) is 1. The van der Waals surface area contributed by atoms with Crippen LogP contribution in [0.25, 0.3) is 0 Å². The molecule has 1 aliphatic heterocycles. The van der Waals surface area contributed by atoms with Crippen molar-refractivity contribution >= 4 is 11.9 Å².